The predicted octanol–water partition coefficient (Wildman–Crippen LogP) is 6.05. The second-order valence-corrected chi connectivity index (χ2v) is 14.2. The highest BCUT2D eigenvalue weighted by Gasteiger charge is 2.53. The van der Waals surface area contributed by atoms with Gasteiger partial charge in [0.1, 0.15) is 0 Å². The van der Waals surface area contributed by atoms with E-state index in [0.717, 1.165) is 33.8 Å². The number of carbonyl (C=O) groups is 3. The second kappa shape index (κ2) is 14.5. The van der Waals surface area contributed by atoms with Gasteiger partial charge in [-0.2, -0.15) is 0 Å². The first kappa shape index (κ1) is 35.1. The second-order valence-electron chi connectivity index (χ2n) is 14.2. The van der Waals surface area contributed by atoms with Crippen LogP contribution in [0.25, 0.3) is 0 Å². The topological polar surface area (TPSA) is 132 Å². The fourth-order valence-corrected chi connectivity index (χ4v) is 7.91. The first-order chi connectivity index (χ1) is 26.3. The number of nitrogens with zero attached hydrogens (tertiary/aromatic N) is 6. The molecule has 3 aliphatic heterocycles. The van der Waals surface area contributed by atoms with Crippen molar-refractivity contribution in [3.05, 3.63) is 137 Å². The van der Waals surface area contributed by atoms with Crippen LogP contribution in [0.4, 0.5) is 28.4 Å². The highest BCUT2D eigenvalue weighted by atomic mass is 16.3. The van der Waals surface area contributed by atoms with Crippen LogP contribution in [0.5, 0.6) is 0 Å². The molecule has 11 nitrogen and oxygen atoms in total. The van der Waals surface area contributed by atoms with Gasteiger partial charge in [-0.25, -0.2) is 0 Å². The molecule has 54 heavy (non-hydrogen) atoms. The summed E-state index contributed by atoms with van der Waals surface area (Å²) in [5.74, 6) is -1.08. The number of hydrogen-bond donors (Lipinski definition) is 2. The summed E-state index contributed by atoms with van der Waals surface area (Å²) in [6, 6.07) is 28.9. The third kappa shape index (κ3) is 6.29. The van der Waals surface area contributed by atoms with E-state index in [0.29, 0.717) is 67.7 Å². The van der Waals surface area contributed by atoms with Crippen molar-refractivity contribution in [2.24, 2.45) is 5.92 Å². The van der Waals surface area contributed by atoms with Gasteiger partial charge in [-0.05, 0) is 78.4 Å². The minimum absolute atomic E-state index is 0.00129. The van der Waals surface area contributed by atoms with Crippen LogP contribution in [0, 0.1) is 5.92 Å². The Balaban J connectivity index is 1.10. The fraction of sp³-hybridized carbons (Fsp3) is 0.279. The highest BCUT2D eigenvalue weighted by Crippen LogP contribution is 2.48. The van der Waals surface area contributed by atoms with E-state index in [2.05, 4.69) is 16.4 Å². The maximum atomic E-state index is 14.6. The van der Waals surface area contributed by atoms with Gasteiger partial charge < -0.3 is 15.1 Å². The Labute approximate surface area is 313 Å². The van der Waals surface area contributed by atoms with Crippen molar-refractivity contribution >= 4 is 46.2 Å². The number of para-hydroxylation sites is 2. The molecule has 2 N–H and O–H groups in total. The molecule has 4 heterocycles. The summed E-state index contributed by atoms with van der Waals surface area (Å²) in [4.78, 5) is 46.1. The van der Waals surface area contributed by atoms with Crippen molar-refractivity contribution in [3.8, 4) is 0 Å². The standard InChI is InChI=1S/C43H42N6O5/c1-29(8-6-7-24-46-28-33(23-25-50)44-45-46)43(54)36-26-35(49-38-12-5-3-10-32(38)16-22-41(49)52)19-20-39(36)47(42(43)53)27-30-13-17-34(18-14-30)48-37-11-4-2-9-31(37)15-21-40(48)51/h2-6,8-14,17-20,26,28-29,50,54H,7,15-16,21-25,27H2,1H3/b8-6+/t29-,43+/m0/s1. The van der Waals surface area contributed by atoms with Crippen molar-refractivity contribution in [1.29, 1.82) is 0 Å². The SMILES string of the molecule is C[C@@H](/C=C/CCn1cc(CCO)nn1)[C@]1(O)C(=O)N(Cc2ccc(N3C(=O)CCc4ccccc43)cc2)c2ccc(N3C(=O)CCc4ccccc43)cc21. The molecule has 0 saturated carbocycles. The van der Waals surface area contributed by atoms with E-state index in [4.69, 9.17) is 0 Å². The normalized spacial score (nSPS) is 18.6. The number of anilines is 5. The van der Waals surface area contributed by atoms with Gasteiger partial charge in [0.25, 0.3) is 5.91 Å². The fourth-order valence-electron chi connectivity index (χ4n) is 7.91. The molecule has 4 aromatic carbocycles. The number of aliphatic hydroxyl groups is 2. The lowest BCUT2D eigenvalue weighted by atomic mass is 9.82. The van der Waals surface area contributed by atoms with E-state index < -0.39 is 17.4 Å². The molecule has 0 saturated heterocycles. The summed E-state index contributed by atoms with van der Waals surface area (Å²) in [5.41, 5.74) is 5.88. The average molecular weight is 723 g/mol. The maximum absolute atomic E-state index is 14.6. The van der Waals surface area contributed by atoms with Crippen molar-refractivity contribution in [2.75, 3.05) is 21.3 Å². The monoisotopic (exact) mass is 722 g/mol. The molecule has 0 unspecified atom stereocenters. The molecule has 2 atom stereocenters. The average Bonchev–Trinajstić information content (AvgIpc) is 3.73. The number of aryl methyl sites for hydroxylation is 3. The number of aliphatic hydroxyl groups excluding tert-OH is 1. The molecule has 0 bridgehead atoms. The van der Waals surface area contributed by atoms with E-state index in [1.807, 2.05) is 97.9 Å². The van der Waals surface area contributed by atoms with E-state index in [1.54, 1.807) is 31.6 Å². The number of benzene rings is 4. The summed E-state index contributed by atoms with van der Waals surface area (Å²) in [7, 11) is 0. The van der Waals surface area contributed by atoms with Crippen molar-refractivity contribution < 1.29 is 24.6 Å². The van der Waals surface area contributed by atoms with E-state index in [1.165, 1.54) is 0 Å². The zero-order valence-electron chi connectivity index (χ0n) is 30.1. The Kier molecular flexibility index (Phi) is 9.43. The van der Waals surface area contributed by atoms with E-state index >= 15 is 0 Å². The van der Waals surface area contributed by atoms with Crippen molar-refractivity contribution in [3.63, 3.8) is 0 Å². The third-order valence-corrected chi connectivity index (χ3v) is 10.8. The minimum Gasteiger partial charge on any atom is -0.396 e. The molecule has 274 valence electrons. The van der Waals surface area contributed by atoms with Crippen molar-refractivity contribution in [1.82, 2.24) is 15.0 Å². The van der Waals surface area contributed by atoms with Gasteiger partial charge in [0.05, 0.1) is 29.3 Å². The zero-order chi connectivity index (χ0) is 37.4. The molecule has 5 aromatic rings. The Hall–Kier alpha value is -5.91. The molecule has 0 spiro atoms. The molecule has 3 aliphatic rings. The summed E-state index contributed by atoms with van der Waals surface area (Å²) in [6.07, 6.45) is 8.77. The highest BCUT2D eigenvalue weighted by molar-refractivity contribution is 6.09. The zero-order valence-corrected chi connectivity index (χ0v) is 30.1. The van der Waals surface area contributed by atoms with Gasteiger partial charge in [0.2, 0.25) is 11.8 Å². The number of hydrogen-bond acceptors (Lipinski definition) is 7. The number of rotatable bonds is 11. The molecular weight excluding hydrogens is 681 g/mol. The quantitative estimate of drug-likeness (QED) is 0.159. The molecule has 1 aromatic heterocycles. The lowest BCUT2D eigenvalue weighted by molar-refractivity contribution is -0.139. The molecule has 0 aliphatic carbocycles. The number of fused-ring (bicyclic) bond motifs is 3. The lowest BCUT2D eigenvalue weighted by Crippen LogP contribution is -2.44. The van der Waals surface area contributed by atoms with Crippen LogP contribution >= 0.6 is 0 Å². The van der Waals surface area contributed by atoms with Gasteiger partial charge in [-0.3, -0.25) is 28.9 Å². The van der Waals surface area contributed by atoms with E-state index in [-0.39, 0.29) is 25.0 Å². The lowest BCUT2D eigenvalue weighted by Gasteiger charge is -2.31. The van der Waals surface area contributed by atoms with Crippen LogP contribution in [0.1, 0.15) is 54.1 Å². The largest absolute Gasteiger partial charge is 0.396 e. The molecule has 3 amide bonds. The number of allylic oxidation sites excluding steroid dienone is 1. The van der Waals surface area contributed by atoms with Gasteiger partial charge >= 0.3 is 0 Å². The molecule has 0 fully saturated rings. The van der Waals surface area contributed by atoms with Gasteiger partial charge in [-0.15, -0.1) is 5.10 Å². The van der Waals surface area contributed by atoms with Crippen LogP contribution in [-0.2, 0) is 52.3 Å². The summed E-state index contributed by atoms with van der Waals surface area (Å²) in [5, 5.41) is 30.0. The van der Waals surface area contributed by atoms with Crippen LogP contribution in [-0.4, -0.2) is 49.5 Å². The van der Waals surface area contributed by atoms with Crippen molar-refractivity contribution in [2.45, 2.75) is 64.1 Å². The summed E-state index contributed by atoms with van der Waals surface area (Å²) < 4.78 is 1.71. The Morgan fingerprint density at radius 3 is 2.09 bits per heavy atom. The van der Waals surface area contributed by atoms with Crippen LogP contribution in [0.15, 0.2) is 109 Å². The predicted molar refractivity (Wildman–Crippen MR) is 206 cm³/mol. The Bertz CT molecular complexity index is 2260. The van der Waals surface area contributed by atoms with Crippen LogP contribution in [0.2, 0.25) is 0 Å². The Morgan fingerprint density at radius 1 is 0.796 bits per heavy atom. The van der Waals surface area contributed by atoms with Gasteiger partial charge in [0.15, 0.2) is 5.60 Å². The molecule has 0 radical (unpaired) electrons. The van der Waals surface area contributed by atoms with Gasteiger partial charge in [0, 0.05) is 61.5 Å². The molecule has 11 heteroatoms. The van der Waals surface area contributed by atoms with E-state index in [9.17, 15) is 24.6 Å². The maximum Gasteiger partial charge on any atom is 0.264 e. The molecular formula is C43H42N6O5. The summed E-state index contributed by atoms with van der Waals surface area (Å²) >= 11 is 0. The Morgan fingerprint density at radius 2 is 1.43 bits per heavy atom. The van der Waals surface area contributed by atoms with Gasteiger partial charge in [-0.1, -0.05) is 72.8 Å². The third-order valence-electron chi connectivity index (χ3n) is 10.8. The van der Waals surface area contributed by atoms with Crippen LogP contribution < -0.4 is 14.7 Å². The number of carbonyl (C=O) groups excluding carboxylic acids is 3. The molecule has 8 rings (SSSR count). The summed E-state index contributed by atoms with van der Waals surface area (Å²) in [6.45, 7) is 2.57. The first-order valence-corrected chi connectivity index (χ1v) is 18.5. The smallest absolute Gasteiger partial charge is 0.264 e. The first-order valence-electron chi connectivity index (χ1n) is 18.5. The minimum atomic E-state index is -1.91. The van der Waals surface area contributed by atoms with Crippen LogP contribution in [0.3, 0.4) is 0 Å². The number of amides is 3. The number of aromatic nitrogens is 3.